The average molecular weight is 255 g/mol. The number of hydrogen-bond acceptors (Lipinski definition) is 3. The van der Waals surface area contributed by atoms with Crippen molar-refractivity contribution in [3.8, 4) is 0 Å². The van der Waals surface area contributed by atoms with Crippen LogP contribution in [0.4, 0.5) is 5.69 Å². The minimum atomic E-state index is -3.16. The first kappa shape index (κ1) is 14.0. The molecule has 0 saturated carbocycles. The molecule has 0 aromatic heterocycles. The zero-order valence-corrected chi connectivity index (χ0v) is 11.5. The monoisotopic (exact) mass is 255 g/mol. The molecule has 0 aliphatic heterocycles. The first-order valence-corrected chi connectivity index (χ1v) is 7.44. The summed E-state index contributed by atoms with van der Waals surface area (Å²) in [5.74, 6) is 0.203. The summed E-state index contributed by atoms with van der Waals surface area (Å²) < 4.78 is 24.0. The third kappa shape index (κ3) is 4.77. The molecule has 0 saturated heterocycles. The summed E-state index contributed by atoms with van der Waals surface area (Å²) in [4.78, 5) is 0.362. The van der Waals surface area contributed by atoms with Gasteiger partial charge in [-0.15, -0.1) is 0 Å². The van der Waals surface area contributed by atoms with Gasteiger partial charge in [0.1, 0.15) is 0 Å². The standard InChI is InChI=1S/C13H21NO2S/c1-13(2,3)9-4-10-17(15,16)12-7-5-11(14)6-8-12/h5-8H,4,9-10,14H2,1-3H3. The Morgan fingerprint density at radius 2 is 1.65 bits per heavy atom. The predicted molar refractivity (Wildman–Crippen MR) is 71.6 cm³/mol. The highest BCUT2D eigenvalue weighted by atomic mass is 32.2. The lowest BCUT2D eigenvalue weighted by molar-refractivity contribution is 0.373. The summed E-state index contributed by atoms with van der Waals surface area (Å²) in [6.07, 6.45) is 1.59. The molecule has 0 fully saturated rings. The van der Waals surface area contributed by atoms with Crippen molar-refractivity contribution in [2.45, 2.75) is 38.5 Å². The highest BCUT2D eigenvalue weighted by molar-refractivity contribution is 7.91. The molecule has 3 nitrogen and oxygen atoms in total. The van der Waals surface area contributed by atoms with Crippen LogP contribution in [0.15, 0.2) is 29.2 Å². The van der Waals surface area contributed by atoms with Gasteiger partial charge in [-0.1, -0.05) is 20.8 Å². The quantitative estimate of drug-likeness (QED) is 0.842. The molecule has 1 rings (SSSR count). The lowest BCUT2D eigenvalue weighted by Crippen LogP contribution is -2.11. The van der Waals surface area contributed by atoms with Crippen molar-refractivity contribution in [3.63, 3.8) is 0 Å². The van der Waals surface area contributed by atoms with Gasteiger partial charge in [-0.05, 0) is 42.5 Å². The lowest BCUT2D eigenvalue weighted by Gasteiger charge is -2.17. The fourth-order valence-electron chi connectivity index (χ4n) is 1.59. The first-order valence-electron chi connectivity index (χ1n) is 5.79. The van der Waals surface area contributed by atoms with Gasteiger partial charge >= 0.3 is 0 Å². The molecule has 0 radical (unpaired) electrons. The van der Waals surface area contributed by atoms with E-state index in [1.54, 1.807) is 24.3 Å². The summed E-state index contributed by atoms with van der Waals surface area (Å²) in [6, 6.07) is 6.39. The molecule has 1 aromatic rings. The maximum atomic E-state index is 12.0. The number of nitrogen functional groups attached to an aromatic ring is 1. The second kappa shape index (κ2) is 5.08. The molecule has 96 valence electrons. The zero-order valence-electron chi connectivity index (χ0n) is 10.7. The SMILES string of the molecule is CC(C)(C)CCCS(=O)(=O)c1ccc(N)cc1. The molecule has 17 heavy (non-hydrogen) atoms. The maximum absolute atomic E-state index is 12.0. The summed E-state index contributed by atoms with van der Waals surface area (Å²) >= 11 is 0. The van der Waals surface area contributed by atoms with E-state index in [0.717, 1.165) is 6.42 Å². The minimum absolute atomic E-state index is 0.177. The highest BCUT2D eigenvalue weighted by Crippen LogP contribution is 2.22. The Hall–Kier alpha value is -1.03. The minimum Gasteiger partial charge on any atom is -0.399 e. The highest BCUT2D eigenvalue weighted by Gasteiger charge is 2.16. The van der Waals surface area contributed by atoms with Gasteiger partial charge in [0.05, 0.1) is 10.6 Å². The largest absolute Gasteiger partial charge is 0.399 e. The molecule has 4 heteroatoms. The van der Waals surface area contributed by atoms with Crippen LogP contribution in [0.2, 0.25) is 0 Å². The van der Waals surface area contributed by atoms with E-state index in [2.05, 4.69) is 20.8 Å². The number of nitrogens with two attached hydrogens (primary N) is 1. The molecule has 0 amide bonds. The van der Waals surface area contributed by atoms with Crippen LogP contribution >= 0.6 is 0 Å². The van der Waals surface area contributed by atoms with Gasteiger partial charge in [0.15, 0.2) is 9.84 Å². The van der Waals surface area contributed by atoms with E-state index < -0.39 is 9.84 Å². The molecule has 0 heterocycles. The Morgan fingerprint density at radius 3 is 2.12 bits per heavy atom. The Kier molecular flexibility index (Phi) is 4.20. The van der Waals surface area contributed by atoms with Crippen LogP contribution in [0.25, 0.3) is 0 Å². The first-order chi connectivity index (χ1) is 7.71. The van der Waals surface area contributed by atoms with Crippen LogP contribution in [0.1, 0.15) is 33.6 Å². The van der Waals surface area contributed by atoms with Gasteiger partial charge in [0.2, 0.25) is 0 Å². The Morgan fingerprint density at radius 1 is 1.12 bits per heavy atom. The fourth-order valence-corrected chi connectivity index (χ4v) is 2.90. The normalized spacial score (nSPS) is 12.6. The van der Waals surface area contributed by atoms with Gasteiger partial charge < -0.3 is 5.73 Å². The van der Waals surface area contributed by atoms with Crippen LogP contribution in [-0.4, -0.2) is 14.2 Å². The van der Waals surface area contributed by atoms with Crippen molar-refractivity contribution in [3.05, 3.63) is 24.3 Å². The van der Waals surface area contributed by atoms with E-state index in [0.29, 0.717) is 17.0 Å². The number of benzene rings is 1. The van der Waals surface area contributed by atoms with E-state index in [1.807, 2.05) is 0 Å². The van der Waals surface area contributed by atoms with E-state index in [1.165, 1.54) is 0 Å². The lowest BCUT2D eigenvalue weighted by atomic mass is 9.91. The van der Waals surface area contributed by atoms with Crippen LogP contribution in [-0.2, 0) is 9.84 Å². The molecule has 1 aromatic carbocycles. The second-order valence-corrected chi connectivity index (χ2v) is 7.66. The van der Waals surface area contributed by atoms with E-state index >= 15 is 0 Å². The van der Waals surface area contributed by atoms with Crippen LogP contribution < -0.4 is 5.73 Å². The van der Waals surface area contributed by atoms with Crippen molar-refractivity contribution in [2.75, 3.05) is 11.5 Å². The summed E-state index contributed by atoms with van der Waals surface area (Å²) in [5.41, 5.74) is 6.29. The number of hydrogen-bond donors (Lipinski definition) is 1. The number of sulfone groups is 1. The summed E-state index contributed by atoms with van der Waals surface area (Å²) in [5, 5.41) is 0. The van der Waals surface area contributed by atoms with Crippen molar-refractivity contribution in [1.82, 2.24) is 0 Å². The van der Waals surface area contributed by atoms with Gasteiger partial charge in [0.25, 0.3) is 0 Å². The number of anilines is 1. The molecule has 0 bridgehead atoms. The van der Waals surface area contributed by atoms with E-state index in [-0.39, 0.29) is 11.2 Å². The summed E-state index contributed by atoms with van der Waals surface area (Å²) in [6.45, 7) is 6.34. The average Bonchev–Trinajstić information content (AvgIpc) is 2.15. The maximum Gasteiger partial charge on any atom is 0.178 e. The predicted octanol–water partition coefficient (Wildman–Crippen LogP) is 2.87. The smallest absolute Gasteiger partial charge is 0.178 e. The van der Waals surface area contributed by atoms with Crippen LogP contribution in [0, 0.1) is 5.41 Å². The Balaban J connectivity index is 2.66. The van der Waals surface area contributed by atoms with E-state index in [4.69, 9.17) is 5.73 Å². The fraction of sp³-hybridized carbons (Fsp3) is 0.538. The van der Waals surface area contributed by atoms with Crippen molar-refractivity contribution < 1.29 is 8.42 Å². The van der Waals surface area contributed by atoms with Gasteiger partial charge in [-0.2, -0.15) is 0 Å². The molecular formula is C13H21NO2S. The van der Waals surface area contributed by atoms with Gasteiger partial charge in [-0.3, -0.25) is 0 Å². The van der Waals surface area contributed by atoms with Crippen LogP contribution in [0.3, 0.4) is 0 Å². The molecular weight excluding hydrogens is 234 g/mol. The second-order valence-electron chi connectivity index (χ2n) is 5.55. The summed E-state index contributed by atoms with van der Waals surface area (Å²) in [7, 11) is -3.16. The number of rotatable bonds is 4. The molecule has 0 aliphatic rings. The molecule has 2 N–H and O–H groups in total. The molecule has 0 atom stereocenters. The third-order valence-electron chi connectivity index (χ3n) is 2.58. The third-order valence-corrected chi connectivity index (χ3v) is 4.40. The molecule has 0 spiro atoms. The Labute approximate surface area is 104 Å². The molecule has 0 unspecified atom stereocenters. The zero-order chi connectivity index (χ0) is 13.1. The van der Waals surface area contributed by atoms with Crippen molar-refractivity contribution >= 4 is 15.5 Å². The van der Waals surface area contributed by atoms with Gasteiger partial charge in [-0.25, -0.2) is 8.42 Å². The molecule has 0 aliphatic carbocycles. The van der Waals surface area contributed by atoms with Crippen LogP contribution in [0.5, 0.6) is 0 Å². The van der Waals surface area contributed by atoms with Crippen molar-refractivity contribution in [2.24, 2.45) is 5.41 Å². The van der Waals surface area contributed by atoms with E-state index in [9.17, 15) is 8.42 Å². The Bertz CT molecular complexity index is 455. The van der Waals surface area contributed by atoms with Crippen molar-refractivity contribution in [1.29, 1.82) is 0 Å². The van der Waals surface area contributed by atoms with Gasteiger partial charge in [0, 0.05) is 5.69 Å². The topological polar surface area (TPSA) is 60.2 Å².